The van der Waals surface area contributed by atoms with Crippen LogP contribution in [0.25, 0.3) is 0 Å². The lowest BCUT2D eigenvalue weighted by atomic mass is 9.97. The van der Waals surface area contributed by atoms with Crippen LogP contribution in [0.4, 0.5) is 9.52 Å². The predicted molar refractivity (Wildman–Crippen MR) is 87.1 cm³/mol. The van der Waals surface area contributed by atoms with Gasteiger partial charge in [0.25, 0.3) is 5.91 Å². The van der Waals surface area contributed by atoms with E-state index >= 15 is 0 Å². The Kier molecular flexibility index (Phi) is 4.59. The van der Waals surface area contributed by atoms with Gasteiger partial charge in [-0.15, -0.1) is 11.3 Å². The molecule has 2 amide bonds. The fourth-order valence-electron chi connectivity index (χ4n) is 2.58. The van der Waals surface area contributed by atoms with Gasteiger partial charge in [-0.25, -0.2) is 9.37 Å². The summed E-state index contributed by atoms with van der Waals surface area (Å²) in [5.41, 5.74) is 0.627. The number of nitrogens with one attached hydrogen (secondary N) is 1. The maximum Gasteiger partial charge on any atom is 0.257 e. The second kappa shape index (κ2) is 6.66. The van der Waals surface area contributed by atoms with Crippen molar-refractivity contribution in [3.8, 4) is 0 Å². The van der Waals surface area contributed by atoms with Crippen molar-refractivity contribution in [1.82, 2.24) is 9.88 Å². The summed E-state index contributed by atoms with van der Waals surface area (Å²) in [6.07, 6.45) is 0.761. The maximum atomic E-state index is 13.2. The fourth-order valence-corrected chi connectivity index (χ4v) is 3.25. The number of benzene rings is 1. The zero-order valence-electron chi connectivity index (χ0n) is 13.2. The van der Waals surface area contributed by atoms with Gasteiger partial charge in [-0.2, -0.15) is 0 Å². The van der Waals surface area contributed by atoms with E-state index in [1.807, 2.05) is 6.92 Å². The van der Waals surface area contributed by atoms with Gasteiger partial charge in [0, 0.05) is 18.1 Å². The van der Waals surface area contributed by atoms with E-state index < -0.39 is 18.1 Å². The number of anilines is 1. The number of hydrogen-bond donors (Lipinski definition) is 1. The van der Waals surface area contributed by atoms with Crippen molar-refractivity contribution < 1.29 is 18.7 Å². The normalized spacial score (nSPS) is 21.0. The number of ether oxygens (including phenoxy) is 1. The van der Waals surface area contributed by atoms with Crippen LogP contribution in [0.15, 0.2) is 30.5 Å². The van der Waals surface area contributed by atoms with Crippen LogP contribution in [-0.2, 0) is 14.3 Å². The third kappa shape index (κ3) is 3.29. The highest BCUT2D eigenvalue weighted by Crippen LogP contribution is 2.30. The number of aryl methyl sites for hydroxylation is 1. The van der Waals surface area contributed by atoms with Gasteiger partial charge < -0.3 is 9.64 Å². The Balaban J connectivity index is 1.86. The van der Waals surface area contributed by atoms with Gasteiger partial charge >= 0.3 is 0 Å². The van der Waals surface area contributed by atoms with Gasteiger partial charge in [0.1, 0.15) is 12.4 Å². The van der Waals surface area contributed by atoms with E-state index in [2.05, 4.69) is 10.3 Å². The van der Waals surface area contributed by atoms with Crippen molar-refractivity contribution in [3.63, 3.8) is 0 Å². The summed E-state index contributed by atoms with van der Waals surface area (Å²) in [4.78, 5) is 31.1. The van der Waals surface area contributed by atoms with E-state index in [4.69, 9.17) is 4.74 Å². The first-order chi connectivity index (χ1) is 11.5. The highest BCUT2D eigenvalue weighted by Gasteiger charge is 2.40. The van der Waals surface area contributed by atoms with Crippen molar-refractivity contribution in [3.05, 3.63) is 46.7 Å². The zero-order valence-corrected chi connectivity index (χ0v) is 14.0. The molecule has 1 saturated heterocycles. The summed E-state index contributed by atoms with van der Waals surface area (Å²) >= 11 is 1.35. The van der Waals surface area contributed by atoms with Crippen LogP contribution in [-0.4, -0.2) is 41.5 Å². The lowest BCUT2D eigenvalue weighted by molar-refractivity contribution is -0.160. The third-order valence-corrected chi connectivity index (χ3v) is 4.63. The molecule has 2 aromatic rings. The Labute approximate surface area is 142 Å². The molecular weight excluding hydrogens is 333 g/mol. The van der Waals surface area contributed by atoms with Crippen LogP contribution < -0.4 is 5.32 Å². The minimum Gasteiger partial charge on any atom is -0.356 e. The standard InChI is InChI=1S/C16H16FN3O3S/c1-9-7-18-16(24-9)19-15(22)14-13(20(2)12(21)8-23-14)10-3-5-11(17)6-4-10/h3-7,13-14H,8H2,1-2H3,(H,18,19,22)/t13-,14+/m1/s1. The highest BCUT2D eigenvalue weighted by atomic mass is 32.1. The van der Waals surface area contributed by atoms with Gasteiger partial charge in [-0.3, -0.25) is 14.9 Å². The van der Waals surface area contributed by atoms with Crippen LogP contribution in [0.3, 0.4) is 0 Å². The molecule has 8 heteroatoms. The smallest absolute Gasteiger partial charge is 0.257 e. The van der Waals surface area contributed by atoms with Crippen molar-refractivity contribution in [1.29, 1.82) is 0 Å². The monoisotopic (exact) mass is 349 g/mol. The molecule has 24 heavy (non-hydrogen) atoms. The molecule has 1 aromatic carbocycles. The number of likely N-dealkylation sites (N-methyl/N-ethyl adjacent to an activating group) is 1. The van der Waals surface area contributed by atoms with E-state index in [0.717, 1.165) is 4.88 Å². The number of hydrogen-bond acceptors (Lipinski definition) is 5. The fraction of sp³-hybridized carbons (Fsp3) is 0.312. The second-order valence-electron chi connectivity index (χ2n) is 5.50. The first-order valence-electron chi connectivity index (χ1n) is 7.31. The van der Waals surface area contributed by atoms with Gasteiger partial charge in [0.2, 0.25) is 5.91 Å². The van der Waals surface area contributed by atoms with Gasteiger partial charge in [0.05, 0.1) is 6.04 Å². The van der Waals surface area contributed by atoms with Crippen LogP contribution in [0, 0.1) is 12.7 Å². The van der Waals surface area contributed by atoms with Crippen LogP contribution in [0.2, 0.25) is 0 Å². The number of nitrogens with zero attached hydrogens (tertiary/aromatic N) is 2. The molecule has 1 aliphatic heterocycles. The number of amides is 2. The summed E-state index contributed by atoms with van der Waals surface area (Å²) in [7, 11) is 1.60. The zero-order chi connectivity index (χ0) is 17.3. The number of carbonyl (C=O) groups is 2. The average molecular weight is 349 g/mol. The second-order valence-corrected chi connectivity index (χ2v) is 6.73. The van der Waals surface area contributed by atoms with E-state index in [9.17, 15) is 14.0 Å². The number of morpholine rings is 1. The largest absolute Gasteiger partial charge is 0.356 e. The summed E-state index contributed by atoms with van der Waals surface area (Å²) in [5.74, 6) is -1.01. The number of thiazole rings is 1. The molecule has 2 atom stereocenters. The number of rotatable bonds is 3. The van der Waals surface area contributed by atoms with Gasteiger partial charge in [-0.1, -0.05) is 12.1 Å². The highest BCUT2D eigenvalue weighted by molar-refractivity contribution is 7.15. The molecule has 0 spiro atoms. The van der Waals surface area contributed by atoms with Gasteiger partial charge in [-0.05, 0) is 24.6 Å². The van der Waals surface area contributed by atoms with Crippen molar-refractivity contribution in [2.75, 3.05) is 19.0 Å². The Morgan fingerprint density at radius 1 is 1.42 bits per heavy atom. The van der Waals surface area contributed by atoms with E-state index in [1.165, 1.54) is 28.4 Å². The molecular formula is C16H16FN3O3S. The molecule has 0 aliphatic carbocycles. The van der Waals surface area contributed by atoms with E-state index in [-0.39, 0.29) is 18.3 Å². The summed E-state index contributed by atoms with van der Waals surface area (Å²) in [5, 5.41) is 3.18. The number of halogens is 1. The average Bonchev–Trinajstić information content (AvgIpc) is 2.96. The third-order valence-electron chi connectivity index (χ3n) is 3.81. The molecule has 126 valence electrons. The Morgan fingerprint density at radius 3 is 2.75 bits per heavy atom. The number of aromatic nitrogens is 1. The molecule has 1 aliphatic rings. The number of carbonyl (C=O) groups excluding carboxylic acids is 2. The van der Waals surface area contributed by atoms with Crippen LogP contribution in [0.1, 0.15) is 16.5 Å². The Morgan fingerprint density at radius 2 is 2.12 bits per heavy atom. The molecule has 3 rings (SSSR count). The first kappa shape index (κ1) is 16.5. The first-order valence-corrected chi connectivity index (χ1v) is 8.13. The molecule has 6 nitrogen and oxygen atoms in total. The summed E-state index contributed by atoms with van der Waals surface area (Å²) in [6.45, 7) is 1.71. The molecule has 0 radical (unpaired) electrons. The Bertz CT molecular complexity index is 762. The maximum absolute atomic E-state index is 13.2. The minimum atomic E-state index is -0.901. The molecule has 1 fully saturated rings. The molecule has 0 bridgehead atoms. The lowest BCUT2D eigenvalue weighted by Crippen LogP contribution is -2.51. The molecule has 0 saturated carbocycles. The van der Waals surface area contributed by atoms with Crippen LogP contribution in [0.5, 0.6) is 0 Å². The van der Waals surface area contributed by atoms with Gasteiger partial charge in [0.15, 0.2) is 11.2 Å². The van der Waals surface area contributed by atoms with Crippen LogP contribution >= 0.6 is 11.3 Å². The molecule has 2 heterocycles. The van der Waals surface area contributed by atoms with Crippen molar-refractivity contribution in [2.24, 2.45) is 0 Å². The van der Waals surface area contributed by atoms with Crippen molar-refractivity contribution >= 4 is 28.3 Å². The molecule has 1 N–H and O–H groups in total. The molecule has 1 aromatic heterocycles. The summed E-state index contributed by atoms with van der Waals surface area (Å²) in [6, 6.07) is 5.05. The van der Waals surface area contributed by atoms with E-state index in [0.29, 0.717) is 10.7 Å². The summed E-state index contributed by atoms with van der Waals surface area (Å²) < 4.78 is 18.7. The SMILES string of the molecule is Cc1cnc(NC(=O)[C@H]2OCC(=O)N(C)[C@@H]2c2ccc(F)cc2)s1. The lowest BCUT2D eigenvalue weighted by Gasteiger charge is -2.38. The van der Waals surface area contributed by atoms with Crippen molar-refractivity contribution in [2.45, 2.75) is 19.1 Å². The quantitative estimate of drug-likeness (QED) is 0.921. The minimum absolute atomic E-state index is 0.177. The Hall–Kier alpha value is -2.32. The predicted octanol–water partition coefficient (Wildman–Crippen LogP) is 2.13. The topological polar surface area (TPSA) is 71.5 Å². The molecule has 0 unspecified atom stereocenters. The van der Waals surface area contributed by atoms with E-state index in [1.54, 1.807) is 25.4 Å².